The van der Waals surface area contributed by atoms with E-state index in [9.17, 15) is 22.4 Å². The molecule has 1 amide bonds. The van der Waals surface area contributed by atoms with Gasteiger partial charge in [0.05, 0.1) is 18.8 Å². The standard InChI is InChI=1S/C23H28F4N4O2/c1-2-7-31-20-6-4-17(28-14-15-12-16(23(25,26)27)3-5-19(15)24)13-18(20)21(29-31)22(32)30-8-10-33-11-9-30/h3,5,12,17,28H,2,4,6-11,13-14H2,1H3. The zero-order chi connectivity index (χ0) is 23.6. The van der Waals surface area contributed by atoms with Gasteiger partial charge in [-0.15, -0.1) is 0 Å². The Kier molecular flexibility index (Phi) is 7.04. The van der Waals surface area contributed by atoms with Gasteiger partial charge in [0.2, 0.25) is 0 Å². The molecule has 1 saturated heterocycles. The number of alkyl halides is 3. The Bertz CT molecular complexity index is 999. The zero-order valence-electron chi connectivity index (χ0n) is 18.6. The highest BCUT2D eigenvalue weighted by molar-refractivity contribution is 5.94. The minimum atomic E-state index is -4.52. The quantitative estimate of drug-likeness (QED) is 0.659. The van der Waals surface area contributed by atoms with Crippen molar-refractivity contribution in [2.45, 2.75) is 57.9 Å². The molecule has 1 aliphatic heterocycles. The molecule has 1 aliphatic carbocycles. The Morgan fingerprint density at radius 3 is 2.73 bits per heavy atom. The van der Waals surface area contributed by atoms with Crippen molar-refractivity contribution in [2.24, 2.45) is 0 Å². The molecule has 1 aromatic carbocycles. The van der Waals surface area contributed by atoms with Gasteiger partial charge in [-0.25, -0.2) is 4.39 Å². The van der Waals surface area contributed by atoms with Crippen LogP contribution in [-0.4, -0.2) is 52.9 Å². The number of amides is 1. The smallest absolute Gasteiger partial charge is 0.378 e. The molecule has 1 atom stereocenters. The fourth-order valence-electron chi connectivity index (χ4n) is 4.49. The van der Waals surface area contributed by atoms with Crippen molar-refractivity contribution in [1.82, 2.24) is 20.0 Å². The van der Waals surface area contributed by atoms with Crippen LogP contribution in [0.3, 0.4) is 0 Å². The number of hydrogen-bond donors (Lipinski definition) is 1. The number of halogens is 4. The van der Waals surface area contributed by atoms with Gasteiger partial charge < -0.3 is 15.0 Å². The van der Waals surface area contributed by atoms with Gasteiger partial charge in [0, 0.05) is 49.0 Å². The van der Waals surface area contributed by atoms with E-state index in [0.717, 1.165) is 42.3 Å². The summed E-state index contributed by atoms with van der Waals surface area (Å²) in [6.45, 7) is 4.77. The molecule has 0 saturated carbocycles. The van der Waals surface area contributed by atoms with Gasteiger partial charge in [-0.2, -0.15) is 18.3 Å². The molecule has 0 bridgehead atoms. The predicted molar refractivity (Wildman–Crippen MR) is 113 cm³/mol. The largest absolute Gasteiger partial charge is 0.416 e. The first-order valence-electron chi connectivity index (χ1n) is 11.3. The first kappa shape index (κ1) is 23.7. The van der Waals surface area contributed by atoms with E-state index in [-0.39, 0.29) is 24.1 Å². The van der Waals surface area contributed by atoms with Crippen molar-refractivity contribution in [3.63, 3.8) is 0 Å². The predicted octanol–water partition coefficient (Wildman–Crippen LogP) is 3.57. The molecule has 0 radical (unpaired) electrons. The molecule has 1 aromatic heterocycles. The molecule has 2 aromatic rings. The normalized spacial score (nSPS) is 18.9. The molecule has 1 unspecified atom stereocenters. The Morgan fingerprint density at radius 2 is 2.03 bits per heavy atom. The lowest BCUT2D eigenvalue weighted by Crippen LogP contribution is -2.41. The number of rotatable bonds is 6. The SMILES string of the molecule is CCCn1nc(C(=O)N2CCOCC2)c2c1CCC(NCc1cc(C(F)(F)F)ccc1F)C2. The van der Waals surface area contributed by atoms with Crippen LogP contribution in [0.4, 0.5) is 17.6 Å². The summed E-state index contributed by atoms with van der Waals surface area (Å²) < 4.78 is 60.4. The number of carbonyl (C=O) groups is 1. The lowest BCUT2D eigenvalue weighted by Gasteiger charge is -2.28. The maximum absolute atomic E-state index is 14.1. The summed E-state index contributed by atoms with van der Waals surface area (Å²) in [4.78, 5) is 14.9. The highest BCUT2D eigenvalue weighted by Gasteiger charge is 2.33. The molecule has 2 heterocycles. The molecule has 33 heavy (non-hydrogen) atoms. The number of nitrogens with zero attached hydrogens (tertiary/aromatic N) is 3. The summed E-state index contributed by atoms with van der Waals surface area (Å²) >= 11 is 0. The number of fused-ring (bicyclic) bond motifs is 1. The minimum Gasteiger partial charge on any atom is -0.378 e. The van der Waals surface area contributed by atoms with E-state index in [4.69, 9.17) is 4.74 Å². The van der Waals surface area contributed by atoms with E-state index in [1.807, 2.05) is 11.6 Å². The summed E-state index contributed by atoms with van der Waals surface area (Å²) in [6.07, 6.45) is -1.69. The number of carbonyl (C=O) groups excluding carboxylic acids is 1. The molecule has 1 N–H and O–H groups in total. The highest BCUT2D eigenvalue weighted by atomic mass is 19.4. The number of aryl methyl sites for hydroxylation is 1. The Morgan fingerprint density at radius 1 is 1.27 bits per heavy atom. The second-order valence-electron chi connectivity index (χ2n) is 8.53. The highest BCUT2D eigenvalue weighted by Crippen LogP contribution is 2.31. The summed E-state index contributed by atoms with van der Waals surface area (Å²) in [6, 6.07) is 2.36. The number of nitrogens with one attached hydrogen (secondary N) is 1. The Hall–Kier alpha value is -2.46. The Labute approximate surface area is 189 Å². The van der Waals surface area contributed by atoms with E-state index in [1.165, 1.54) is 0 Å². The number of benzene rings is 1. The molecule has 4 rings (SSSR count). The lowest BCUT2D eigenvalue weighted by molar-refractivity contribution is -0.137. The van der Waals surface area contributed by atoms with Crippen LogP contribution >= 0.6 is 0 Å². The van der Waals surface area contributed by atoms with Crippen molar-refractivity contribution in [3.8, 4) is 0 Å². The van der Waals surface area contributed by atoms with Gasteiger partial charge in [-0.05, 0) is 43.9 Å². The van der Waals surface area contributed by atoms with Gasteiger partial charge in [-0.3, -0.25) is 9.48 Å². The fourth-order valence-corrected chi connectivity index (χ4v) is 4.49. The van der Waals surface area contributed by atoms with Gasteiger partial charge >= 0.3 is 6.18 Å². The van der Waals surface area contributed by atoms with E-state index in [2.05, 4.69) is 10.4 Å². The number of hydrogen-bond acceptors (Lipinski definition) is 4. The molecule has 6 nitrogen and oxygen atoms in total. The van der Waals surface area contributed by atoms with Crippen LogP contribution in [0, 0.1) is 5.82 Å². The molecule has 2 aliphatic rings. The van der Waals surface area contributed by atoms with Crippen molar-refractivity contribution < 1.29 is 27.1 Å². The third-order valence-corrected chi connectivity index (χ3v) is 6.24. The maximum Gasteiger partial charge on any atom is 0.416 e. The average molecular weight is 468 g/mol. The molecular weight excluding hydrogens is 440 g/mol. The van der Waals surface area contributed by atoms with Gasteiger partial charge in [-0.1, -0.05) is 6.92 Å². The van der Waals surface area contributed by atoms with E-state index in [1.54, 1.807) is 4.90 Å². The van der Waals surface area contributed by atoms with Gasteiger partial charge in [0.25, 0.3) is 5.91 Å². The monoisotopic (exact) mass is 468 g/mol. The number of ether oxygens (including phenoxy) is 1. The van der Waals surface area contributed by atoms with Crippen molar-refractivity contribution >= 4 is 5.91 Å². The molecule has 0 spiro atoms. The second-order valence-corrected chi connectivity index (χ2v) is 8.53. The topological polar surface area (TPSA) is 59.4 Å². The van der Waals surface area contributed by atoms with Crippen LogP contribution in [0.5, 0.6) is 0 Å². The second kappa shape index (κ2) is 9.80. The molecule has 180 valence electrons. The summed E-state index contributed by atoms with van der Waals surface area (Å²) in [5.41, 5.74) is 1.47. The zero-order valence-corrected chi connectivity index (χ0v) is 18.6. The fraction of sp³-hybridized carbons (Fsp3) is 0.565. The summed E-state index contributed by atoms with van der Waals surface area (Å²) in [5, 5.41) is 7.83. The van der Waals surface area contributed by atoms with Crippen molar-refractivity contribution in [1.29, 1.82) is 0 Å². The van der Waals surface area contributed by atoms with Crippen LogP contribution in [0.1, 0.15) is 52.6 Å². The first-order valence-corrected chi connectivity index (χ1v) is 11.3. The summed E-state index contributed by atoms with van der Waals surface area (Å²) in [5.74, 6) is -0.792. The Balaban J connectivity index is 1.51. The lowest BCUT2D eigenvalue weighted by atomic mass is 9.90. The average Bonchev–Trinajstić information content (AvgIpc) is 3.16. The number of morpholine rings is 1. The van der Waals surface area contributed by atoms with Crippen LogP contribution in [0.25, 0.3) is 0 Å². The third-order valence-electron chi connectivity index (χ3n) is 6.24. The van der Waals surface area contributed by atoms with Crippen molar-refractivity contribution in [2.75, 3.05) is 26.3 Å². The van der Waals surface area contributed by atoms with E-state index >= 15 is 0 Å². The van der Waals surface area contributed by atoms with Crippen LogP contribution < -0.4 is 5.32 Å². The first-order chi connectivity index (χ1) is 15.8. The third kappa shape index (κ3) is 5.22. The van der Waals surface area contributed by atoms with Crippen molar-refractivity contribution in [3.05, 3.63) is 52.1 Å². The van der Waals surface area contributed by atoms with Gasteiger partial charge in [0.1, 0.15) is 5.82 Å². The molecule has 1 fully saturated rings. The van der Waals surface area contributed by atoms with E-state index < -0.39 is 17.6 Å². The van der Waals surface area contributed by atoms with Crippen LogP contribution in [0.2, 0.25) is 0 Å². The minimum absolute atomic E-state index is 0.0222. The maximum atomic E-state index is 14.1. The summed E-state index contributed by atoms with van der Waals surface area (Å²) in [7, 11) is 0. The molecule has 10 heteroatoms. The van der Waals surface area contributed by atoms with Crippen LogP contribution in [0.15, 0.2) is 18.2 Å². The van der Waals surface area contributed by atoms with E-state index in [0.29, 0.717) is 51.4 Å². The number of aromatic nitrogens is 2. The van der Waals surface area contributed by atoms with Crippen LogP contribution in [-0.2, 0) is 36.8 Å². The molecular formula is C23H28F4N4O2. The van der Waals surface area contributed by atoms with Gasteiger partial charge in [0.15, 0.2) is 5.69 Å².